The quantitative estimate of drug-likeness (QED) is 0.221. The Morgan fingerprint density at radius 1 is 0.970 bits per heavy atom. The van der Waals surface area contributed by atoms with Crippen LogP contribution in [0.1, 0.15) is 45.2 Å². The first-order valence-electron chi connectivity index (χ1n) is 10.5. The molecule has 7 heteroatoms. The number of carbonyl (C=O) groups is 2. The monoisotopic (exact) mass is 446 g/mol. The van der Waals surface area contributed by atoms with E-state index in [4.69, 9.17) is 14.2 Å². The molecule has 0 aromatic heterocycles. The summed E-state index contributed by atoms with van der Waals surface area (Å²) in [5.41, 5.74) is 5.06. The number of nitrogens with zero attached hydrogens (tertiary/aromatic N) is 1. The molecule has 0 spiro atoms. The highest BCUT2D eigenvalue weighted by Crippen LogP contribution is 2.28. The highest BCUT2D eigenvalue weighted by molar-refractivity contribution is 5.95. The number of hydrazone groups is 1. The number of amides is 1. The van der Waals surface area contributed by atoms with Gasteiger partial charge in [-0.3, -0.25) is 4.79 Å². The van der Waals surface area contributed by atoms with E-state index in [0.717, 1.165) is 12.0 Å². The Kier molecular flexibility index (Phi) is 8.18. The van der Waals surface area contributed by atoms with Gasteiger partial charge in [0.15, 0.2) is 11.5 Å². The van der Waals surface area contributed by atoms with E-state index in [1.807, 2.05) is 26.0 Å². The highest BCUT2D eigenvalue weighted by Gasteiger charge is 2.13. The van der Waals surface area contributed by atoms with Gasteiger partial charge in [0, 0.05) is 5.56 Å². The third-order valence-electron chi connectivity index (χ3n) is 4.61. The van der Waals surface area contributed by atoms with E-state index in [1.54, 1.807) is 54.6 Å². The van der Waals surface area contributed by atoms with Crippen LogP contribution < -0.4 is 19.6 Å². The van der Waals surface area contributed by atoms with Crippen molar-refractivity contribution in [2.75, 3.05) is 13.7 Å². The van der Waals surface area contributed by atoms with Crippen molar-refractivity contribution in [3.63, 3.8) is 0 Å². The number of nitrogens with one attached hydrogen (secondary N) is 1. The Balaban J connectivity index is 1.63. The highest BCUT2D eigenvalue weighted by atomic mass is 16.6. The van der Waals surface area contributed by atoms with Crippen LogP contribution >= 0.6 is 0 Å². The molecule has 3 rings (SSSR count). The normalized spacial score (nSPS) is 10.6. The molecule has 0 fully saturated rings. The Labute approximate surface area is 193 Å². The fourth-order valence-electron chi connectivity index (χ4n) is 2.93. The first-order chi connectivity index (χ1) is 16.0. The molecule has 0 saturated heterocycles. The van der Waals surface area contributed by atoms with Gasteiger partial charge in [-0.05, 0) is 73.5 Å². The number of esters is 1. The molecule has 170 valence electrons. The number of ether oxygens (including phenoxy) is 3. The first kappa shape index (κ1) is 23.5. The number of rotatable bonds is 9. The molecular weight excluding hydrogens is 420 g/mol. The summed E-state index contributed by atoms with van der Waals surface area (Å²) in [6.07, 6.45) is 2.39. The van der Waals surface area contributed by atoms with Gasteiger partial charge in [0.1, 0.15) is 5.75 Å². The van der Waals surface area contributed by atoms with Crippen molar-refractivity contribution in [1.29, 1.82) is 0 Å². The average molecular weight is 447 g/mol. The van der Waals surface area contributed by atoms with Crippen molar-refractivity contribution in [2.45, 2.75) is 20.3 Å². The van der Waals surface area contributed by atoms with Gasteiger partial charge in [0.25, 0.3) is 5.91 Å². The summed E-state index contributed by atoms with van der Waals surface area (Å²) < 4.78 is 16.4. The lowest BCUT2D eigenvalue weighted by Gasteiger charge is -2.10. The molecule has 1 amide bonds. The number of carbonyl (C=O) groups excluding carboxylic acids is 2. The largest absolute Gasteiger partial charge is 0.494 e. The maximum Gasteiger partial charge on any atom is 0.343 e. The minimum Gasteiger partial charge on any atom is -0.494 e. The van der Waals surface area contributed by atoms with Crippen LogP contribution in [0.5, 0.6) is 17.2 Å². The van der Waals surface area contributed by atoms with E-state index >= 15 is 0 Å². The molecule has 3 aromatic rings. The van der Waals surface area contributed by atoms with Gasteiger partial charge in [-0.15, -0.1) is 0 Å². The Hall–Kier alpha value is -4.13. The molecule has 0 aliphatic heterocycles. The molecule has 0 radical (unpaired) electrons. The van der Waals surface area contributed by atoms with E-state index in [1.165, 1.54) is 13.3 Å². The van der Waals surface area contributed by atoms with E-state index in [-0.39, 0.29) is 11.7 Å². The van der Waals surface area contributed by atoms with Gasteiger partial charge >= 0.3 is 5.97 Å². The Morgan fingerprint density at radius 2 is 1.76 bits per heavy atom. The number of hydrogen-bond acceptors (Lipinski definition) is 6. The molecule has 3 aromatic carbocycles. The molecule has 1 N–H and O–H groups in total. The molecular formula is C26H26N2O5. The van der Waals surface area contributed by atoms with Crippen molar-refractivity contribution in [3.8, 4) is 17.2 Å². The third kappa shape index (κ3) is 6.67. The van der Waals surface area contributed by atoms with Crippen molar-refractivity contribution in [2.24, 2.45) is 5.10 Å². The summed E-state index contributed by atoms with van der Waals surface area (Å²) in [6.45, 7) is 4.56. The maximum atomic E-state index is 12.5. The second kappa shape index (κ2) is 11.5. The molecule has 0 saturated carbocycles. The third-order valence-corrected chi connectivity index (χ3v) is 4.61. The Bertz CT molecular complexity index is 1140. The van der Waals surface area contributed by atoms with Gasteiger partial charge in [-0.25, -0.2) is 10.2 Å². The summed E-state index contributed by atoms with van der Waals surface area (Å²) in [7, 11) is 1.48. The molecule has 0 atom stereocenters. The lowest BCUT2D eigenvalue weighted by atomic mass is 10.1. The zero-order valence-corrected chi connectivity index (χ0v) is 18.8. The maximum absolute atomic E-state index is 12.5. The molecule has 33 heavy (non-hydrogen) atoms. The van der Waals surface area contributed by atoms with Crippen molar-refractivity contribution >= 4 is 18.1 Å². The van der Waals surface area contributed by atoms with Gasteiger partial charge < -0.3 is 14.2 Å². The SMILES string of the molecule is CCCOc1ccc(C(=O)Oc2ccc(C=NNC(=O)c3cccc(C)c3)cc2OC)cc1. The fourth-order valence-corrected chi connectivity index (χ4v) is 2.93. The lowest BCUT2D eigenvalue weighted by molar-refractivity contribution is 0.0729. The van der Waals surface area contributed by atoms with Gasteiger partial charge in [0.2, 0.25) is 0 Å². The van der Waals surface area contributed by atoms with Crippen LogP contribution in [0.25, 0.3) is 0 Å². The van der Waals surface area contributed by atoms with Crippen LogP contribution in [-0.2, 0) is 0 Å². The van der Waals surface area contributed by atoms with Gasteiger partial charge in [-0.1, -0.05) is 24.6 Å². The number of benzene rings is 3. The van der Waals surface area contributed by atoms with Crippen molar-refractivity contribution in [1.82, 2.24) is 5.43 Å². The standard InChI is InChI=1S/C26H26N2O5/c1-4-14-32-22-11-9-20(10-12-22)26(30)33-23-13-8-19(16-24(23)31-3)17-27-28-25(29)21-7-5-6-18(2)15-21/h5-13,15-17H,4,14H2,1-3H3,(H,28,29). The average Bonchev–Trinajstić information content (AvgIpc) is 2.83. The van der Waals surface area contributed by atoms with E-state index in [9.17, 15) is 9.59 Å². The van der Waals surface area contributed by atoms with Crippen LogP contribution in [0.4, 0.5) is 0 Å². The smallest absolute Gasteiger partial charge is 0.343 e. The summed E-state index contributed by atoms with van der Waals surface area (Å²) in [4.78, 5) is 24.7. The first-order valence-corrected chi connectivity index (χ1v) is 10.5. The lowest BCUT2D eigenvalue weighted by Crippen LogP contribution is -2.17. The molecule has 0 heterocycles. The number of hydrogen-bond donors (Lipinski definition) is 1. The Morgan fingerprint density at radius 3 is 2.45 bits per heavy atom. The molecule has 7 nitrogen and oxygen atoms in total. The molecule has 0 aliphatic carbocycles. The zero-order chi connectivity index (χ0) is 23.6. The summed E-state index contributed by atoms with van der Waals surface area (Å²) in [5.74, 6) is 0.514. The van der Waals surface area contributed by atoms with Crippen LogP contribution in [0.15, 0.2) is 71.8 Å². The number of methoxy groups -OCH3 is 1. The number of aryl methyl sites for hydroxylation is 1. The minimum atomic E-state index is -0.512. The summed E-state index contributed by atoms with van der Waals surface area (Å²) >= 11 is 0. The summed E-state index contributed by atoms with van der Waals surface area (Å²) in [6, 6.07) is 19.0. The van der Waals surface area contributed by atoms with E-state index in [2.05, 4.69) is 10.5 Å². The molecule has 0 bridgehead atoms. The van der Waals surface area contributed by atoms with Crippen LogP contribution in [-0.4, -0.2) is 31.8 Å². The molecule has 0 aliphatic rings. The fraction of sp³-hybridized carbons (Fsp3) is 0.192. The van der Waals surface area contributed by atoms with Crippen LogP contribution in [0.2, 0.25) is 0 Å². The second-order valence-corrected chi connectivity index (χ2v) is 7.24. The van der Waals surface area contributed by atoms with E-state index in [0.29, 0.717) is 34.8 Å². The topological polar surface area (TPSA) is 86.2 Å². The van der Waals surface area contributed by atoms with Crippen LogP contribution in [0, 0.1) is 6.92 Å². The predicted octanol–water partition coefficient (Wildman–Crippen LogP) is 4.78. The van der Waals surface area contributed by atoms with Crippen molar-refractivity contribution in [3.05, 3.63) is 89.0 Å². The zero-order valence-electron chi connectivity index (χ0n) is 18.8. The predicted molar refractivity (Wildman–Crippen MR) is 126 cm³/mol. The van der Waals surface area contributed by atoms with E-state index < -0.39 is 5.97 Å². The van der Waals surface area contributed by atoms with Gasteiger partial charge in [0.05, 0.1) is 25.5 Å². The van der Waals surface area contributed by atoms with Crippen LogP contribution in [0.3, 0.4) is 0 Å². The summed E-state index contributed by atoms with van der Waals surface area (Å²) in [5, 5.41) is 3.99. The molecule has 0 unspecified atom stereocenters. The van der Waals surface area contributed by atoms with Gasteiger partial charge in [-0.2, -0.15) is 5.10 Å². The minimum absolute atomic E-state index is 0.273. The second-order valence-electron chi connectivity index (χ2n) is 7.24. The van der Waals surface area contributed by atoms with Crippen molar-refractivity contribution < 1.29 is 23.8 Å².